The SMILES string of the molecule is CC(=O)N(C)CC1CC1C. The number of amides is 1. The lowest BCUT2D eigenvalue weighted by Gasteiger charge is -2.13. The Hall–Kier alpha value is -0.530. The molecule has 0 aliphatic heterocycles. The smallest absolute Gasteiger partial charge is 0.219 e. The number of carbonyl (C=O) groups excluding carboxylic acids is 1. The Bertz CT molecular complexity index is 144. The van der Waals surface area contributed by atoms with Gasteiger partial charge in [0.25, 0.3) is 0 Å². The van der Waals surface area contributed by atoms with Crippen molar-refractivity contribution in [1.29, 1.82) is 0 Å². The molecule has 0 aromatic carbocycles. The molecule has 58 valence electrons. The van der Waals surface area contributed by atoms with E-state index in [1.165, 1.54) is 6.42 Å². The van der Waals surface area contributed by atoms with Gasteiger partial charge in [-0.15, -0.1) is 0 Å². The molecule has 0 N–H and O–H groups in total. The molecule has 2 unspecified atom stereocenters. The summed E-state index contributed by atoms with van der Waals surface area (Å²) < 4.78 is 0. The summed E-state index contributed by atoms with van der Waals surface area (Å²) in [5, 5.41) is 0. The van der Waals surface area contributed by atoms with E-state index in [9.17, 15) is 4.79 Å². The molecule has 0 saturated heterocycles. The first-order valence-electron chi connectivity index (χ1n) is 3.83. The maximum Gasteiger partial charge on any atom is 0.219 e. The van der Waals surface area contributed by atoms with Crippen LogP contribution in [0.4, 0.5) is 0 Å². The molecule has 1 fully saturated rings. The molecule has 10 heavy (non-hydrogen) atoms. The molecule has 1 rings (SSSR count). The largest absolute Gasteiger partial charge is 0.346 e. The predicted octanol–water partition coefficient (Wildman–Crippen LogP) is 1.12. The molecule has 0 spiro atoms. The van der Waals surface area contributed by atoms with E-state index in [0.29, 0.717) is 0 Å². The van der Waals surface area contributed by atoms with Crippen molar-refractivity contribution in [3.63, 3.8) is 0 Å². The number of hydrogen-bond donors (Lipinski definition) is 0. The van der Waals surface area contributed by atoms with Gasteiger partial charge in [-0.1, -0.05) is 6.92 Å². The normalized spacial score (nSPS) is 29.9. The van der Waals surface area contributed by atoms with Crippen molar-refractivity contribution in [2.24, 2.45) is 11.8 Å². The molecule has 0 aromatic heterocycles. The topological polar surface area (TPSA) is 20.3 Å². The number of carbonyl (C=O) groups is 1. The second-order valence-electron chi connectivity index (χ2n) is 3.37. The molecule has 1 aliphatic carbocycles. The van der Waals surface area contributed by atoms with Crippen LogP contribution in [-0.4, -0.2) is 24.4 Å². The standard InChI is InChI=1S/C8H15NO/c1-6-4-8(6)5-9(3)7(2)10/h6,8H,4-5H2,1-3H3. The van der Waals surface area contributed by atoms with Crippen LogP contribution in [0.3, 0.4) is 0 Å². The zero-order valence-electron chi connectivity index (χ0n) is 6.92. The van der Waals surface area contributed by atoms with Crippen LogP contribution in [0.15, 0.2) is 0 Å². The summed E-state index contributed by atoms with van der Waals surface area (Å²) in [7, 11) is 1.87. The first-order valence-corrected chi connectivity index (χ1v) is 3.83. The fourth-order valence-electron chi connectivity index (χ4n) is 1.13. The second kappa shape index (κ2) is 2.60. The molecule has 0 bridgehead atoms. The van der Waals surface area contributed by atoms with Gasteiger partial charge in [0, 0.05) is 20.5 Å². The molecule has 0 heterocycles. The molecule has 2 nitrogen and oxygen atoms in total. The number of rotatable bonds is 2. The van der Waals surface area contributed by atoms with Gasteiger partial charge in [0.1, 0.15) is 0 Å². The van der Waals surface area contributed by atoms with E-state index in [-0.39, 0.29) is 5.91 Å². The average molecular weight is 141 g/mol. The second-order valence-corrected chi connectivity index (χ2v) is 3.37. The van der Waals surface area contributed by atoms with Gasteiger partial charge in [-0.3, -0.25) is 4.79 Å². The van der Waals surface area contributed by atoms with Gasteiger partial charge in [-0.25, -0.2) is 0 Å². The first kappa shape index (κ1) is 7.58. The van der Waals surface area contributed by atoms with Crippen LogP contribution in [0, 0.1) is 11.8 Å². The van der Waals surface area contributed by atoms with Crippen LogP contribution in [0.25, 0.3) is 0 Å². The van der Waals surface area contributed by atoms with Crippen LogP contribution in [0.1, 0.15) is 20.3 Å². The maximum atomic E-state index is 10.7. The number of nitrogens with zero attached hydrogens (tertiary/aromatic N) is 1. The highest BCUT2D eigenvalue weighted by molar-refractivity contribution is 5.72. The summed E-state index contributed by atoms with van der Waals surface area (Å²) in [4.78, 5) is 12.5. The van der Waals surface area contributed by atoms with Crippen molar-refractivity contribution in [1.82, 2.24) is 4.90 Å². The van der Waals surface area contributed by atoms with Crippen molar-refractivity contribution < 1.29 is 4.79 Å². The Morgan fingerprint density at radius 2 is 2.20 bits per heavy atom. The molecule has 2 heteroatoms. The zero-order valence-corrected chi connectivity index (χ0v) is 6.92. The van der Waals surface area contributed by atoms with Crippen LogP contribution < -0.4 is 0 Å². The van der Waals surface area contributed by atoms with Crippen molar-refractivity contribution >= 4 is 5.91 Å². The molecule has 0 radical (unpaired) electrons. The van der Waals surface area contributed by atoms with Gasteiger partial charge in [-0.05, 0) is 18.3 Å². The molecule has 2 atom stereocenters. The summed E-state index contributed by atoms with van der Waals surface area (Å²) >= 11 is 0. The minimum Gasteiger partial charge on any atom is -0.346 e. The van der Waals surface area contributed by atoms with E-state index < -0.39 is 0 Å². The molecule has 1 saturated carbocycles. The highest BCUT2D eigenvalue weighted by Gasteiger charge is 2.33. The predicted molar refractivity (Wildman–Crippen MR) is 40.6 cm³/mol. The Labute approximate surface area is 62.2 Å². The van der Waals surface area contributed by atoms with E-state index >= 15 is 0 Å². The Morgan fingerprint density at radius 1 is 1.70 bits per heavy atom. The van der Waals surface area contributed by atoms with E-state index in [4.69, 9.17) is 0 Å². The fraction of sp³-hybridized carbons (Fsp3) is 0.875. The van der Waals surface area contributed by atoms with E-state index in [1.807, 2.05) is 7.05 Å². The van der Waals surface area contributed by atoms with Crippen molar-refractivity contribution in [3.05, 3.63) is 0 Å². The summed E-state index contributed by atoms with van der Waals surface area (Å²) in [5.41, 5.74) is 0. The third kappa shape index (κ3) is 1.72. The van der Waals surface area contributed by atoms with Crippen LogP contribution >= 0.6 is 0 Å². The van der Waals surface area contributed by atoms with Crippen molar-refractivity contribution in [3.8, 4) is 0 Å². The Balaban J connectivity index is 2.19. The number of hydrogen-bond acceptors (Lipinski definition) is 1. The van der Waals surface area contributed by atoms with Crippen molar-refractivity contribution in [2.75, 3.05) is 13.6 Å². The van der Waals surface area contributed by atoms with Gasteiger partial charge in [0.2, 0.25) is 5.91 Å². The first-order chi connectivity index (χ1) is 4.61. The van der Waals surface area contributed by atoms with Gasteiger partial charge in [0.05, 0.1) is 0 Å². The monoisotopic (exact) mass is 141 g/mol. The third-order valence-corrected chi connectivity index (χ3v) is 2.32. The van der Waals surface area contributed by atoms with E-state index in [0.717, 1.165) is 18.4 Å². The summed E-state index contributed by atoms with van der Waals surface area (Å²) in [5.74, 6) is 1.81. The van der Waals surface area contributed by atoms with Gasteiger partial charge in [-0.2, -0.15) is 0 Å². The van der Waals surface area contributed by atoms with Crippen molar-refractivity contribution in [2.45, 2.75) is 20.3 Å². The molecule has 1 aliphatic rings. The van der Waals surface area contributed by atoms with Crippen LogP contribution in [0.2, 0.25) is 0 Å². The van der Waals surface area contributed by atoms with Crippen LogP contribution in [0.5, 0.6) is 0 Å². The molecular formula is C8H15NO. The van der Waals surface area contributed by atoms with Crippen LogP contribution in [-0.2, 0) is 4.79 Å². The summed E-state index contributed by atoms with van der Waals surface area (Å²) in [6.07, 6.45) is 1.30. The highest BCUT2D eigenvalue weighted by Crippen LogP contribution is 2.37. The third-order valence-electron chi connectivity index (χ3n) is 2.32. The Morgan fingerprint density at radius 3 is 2.50 bits per heavy atom. The fourth-order valence-corrected chi connectivity index (χ4v) is 1.13. The quantitative estimate of drug-likeness (QED) is 0.564. The average Bonchev–Trinajstić information content (AvgIpc) is 2.46. The lowest BCUT2D eigenvalue weighted by Crippen LogP contribution is -2.26. The lowest BCUT2D eigenvalue weighted by molar-refractivity contribution is -0.127. The minimum absolute atomic E-state index is 0.180. The van der Waals surface area contributed by atoms with Gasteiger partial charge < -0.3 is 4.90 Å². The minimum atomic E-state index is 0.180. The molecule has 0 aromatic rings. The zero-order chi connectivity index (χ0) is 7.72. The summed E-state index contributed by atoms with van der Waals surface area (Å²) in [6, 6.07) is 0. The maximum absolute atomic E-state index is 10.7. The van der Waals surface area contributed by atoms with E-state index in [2.05, 4.69) is 6.92 Å². The Kier molecular flexibility index (Phi) is 1.97. The molecular weight excluding hydrogens is 126 g/mol. The van der Waals surface area contributed by atoms with Gasteiger partial charge >= 0.3 is 0 Å². The van der Waals surface area contributed by atoms with Gasteiger partial charge in [0.15, 0.2) is 0 Å². The van der Waals surface area contributed by atoms with E-state index in [1.54, 1.807) is 11.8 Å². The lowest BCUT2D eigenvalue weighted by atomic mass is 10.3. The highest BCUT2D eigenvalue weighted by atomic mass is 16.2. The molecule has 1 amide bonds. The summed E-state index contributed by atoms with van der Waals surface area (Å²) in [6.45, 7) is 4.81.